The SMILES string of the molecule is CC[C@H](C#N)Nc1cc(-n2ncc3cc(C#N)cnc32)ncc1N. The smallest absolute Gasteiger partial charge is 0.164 e. The molecular weight excluding hydrogens is 304 g/mol. The fourth-order valence-corrected chi connectivity index (χ4v) is 2.26. The minimum atomic E-state index is -0.340. The van der Waals surface area contributed by atoms with Gasteiger partial charge >= 0.3 is 0 Å². The summed E-state index contributed by atoms with van der Waals surface area (Å²) in [5.41, 5.74) is 8.05. The van der Waals surface area contributed by atoms with Crippen molar-refractivity contribution in [3.8, 4) is 18.0 Å². The lowest BCUT2D eigenvalue weighted by molar-refractivity contribution is 0.839. The lowest BCUT2D eigenvalue weighted by atomic mass is 10.2. The average molecular weight is 318 g/mol. The summed E-state index contributed by atoms with van der Waals surface area (Å²) in [6.45, 7) is 1.91. The molecule has 8 heteroatoms. The predicted octanol–water partition coefficient (Wildman–Crippen LogP) is 1.98. The first-order valence-electron chi connectivity index (χ1n) is 7.32. The van der Waals surface area contributed by atoms with Crippen molar-refractivity contribution in [1.29, 1.82) is 10.5 Å². The zero-order chi connectivity index (χ0) is 17.1. The van der Waals surface area contributed by atoms with Crippen molar-refractivity contribution in [2.45, 2.75) is 19.4 Å². The van der Waals surface area contributed by atoms with Gasteiger partial charge in [-0.3, -0.25) is 0 Å². The van der Waals surface area contributed by atoms with Gasteiger partial charge in [0.15, 0.2) is 11.5 Å². The van der Waals surface area contributed by atoms with Crippen LogP contribution < -0.4 is 11.1 Å². The Morgan fingerprint density at radius 2 is 2.08 bits per heavy atom. The van der Waals surface area contributed by atoms with Crippen LogP contribution in [0, 0.1) is 22.7 Å². The van der Waals surface area contributed by atoms with Gasteiger partial charge < -0.3 is 11.1 Å². The fraction of sp³-hybridized carbons (Fsp3) is 0.188. The highest BCUT2D eigenvalue weighted by Gasteiger charge is 2.12. The zero-order valence-corrected chi connectivity index (χ0v) is 12.9. The van der Waals surface area contributed by atoms with Crippen LogP contribution in [0.25, 0.3) is 16.9 Å². The van der Waals surface area contributed by atoms with E-state index in [2.05, 4.69) is 26.5 Å². The third kappa shape index (κ3) is 2.69. The number of nitriles is 2. The van der Waals surface area contributed by atoms with Crippen LogP contribution >= 0.6 is 0 Å². The maximum absolute atomic E-state index is 9.10. The molecule has 3 heterocycles. The van der Waals surface area contributed by atoms with Gasteiger partial charge in [0, 0.05) is 17.6 Å². The maximum atomic E-state index is 9.10. The molecule has 1 atom stereocenters. The van der Waals surface area contributed by atoms with Crippen LogP contribution in [-0.4, -0.2) is 25.8 Å². The van der Waals surface area contributed by atoms with Gasteiger partial charge in [-0.05, 0) is 12.5 Å². The van der Waals surface area contributed by atoms with E-state index in [1.54, 1.807) is 23.0 Å². The number of pyridine rings is 2. The third-order valence-electron chi connectivity index (χ3n) is 3.57. The third-order valence-corrected chi connectivity index (χ3v) is 3.57. The molecular formula is C16H14N8. The van der Waals surface area contributed by atoms with Crippen molar-refractivity contribution in [3.05, 3.63) is 36.3 Å². The van der Waals surface area contributed by atoms with Gasteiger partial charge in [0.2, 0.25) is 0 Å². The molecule has 118 valence electrons. The number of nitrogens with one attached hydrogen (secondary N) is 1. The van der Waals surface area contributed by atoms with E-state index >= 15 is 0 Å². The van der Waals surface area contributed by atoms with Gasteiger partial charge in [0.05, 0.1) is 35.4 Å². The average Bonchev–Trinajstić information content (AvgIpc) is 3.04. The summed E-state index contributed by atoms with van der Waals surface area (Å²) in [6.07, 6.45) is 5.27. The lowest BCUT2D eigenvalue weighted by Gasteiger charge is -2.14. The molecule has 0 aromatic carbocycles. The molecule has 0 saturated heterocycles. The van der Waals surface area contributed by atoms with Crippen LogP contribution in [0.2, 0.25) is 0 Å². The minimum absolute atomic E-state index is 0.340. The van der Waals surface area contributed by atoms with Crippen molar-refractivity contribution in [3.63, 3.8) is 0 Å². The van der Waals surface area contributed by atoms with Gasteiger partial charge in [0.25, 0.3) is 0 Å². The van der Waals surface area contributed by atoms with E-state index in [1.165, 1.54) is 12.4 Å². The number of aromatic nitrogens is 4. The van der Waals surface area contributed by atoms with Crippen molar-refractivity contribution < 1.29 is 0 Å². The molecule has 0 unspecified atom stereocenters. The van der Waals surface area contributed by atoms with Crippen molar-refractivity contribution in [1.82, 2.24) is 19.7 Å². The molecule has 0 saturated carbocycles. The molecule has 0 aliphatic rings. The highest BCUT2D eigenvalue weighted by Crippen LogP contribution is 2.23. The predicted molar refractivity (Wildman–Crippen MR) is 89.1 cm³/mol. The zero-order valence-electron chi connectivity index (χ0n) is 12.9. The fourth-order valence-electron chi connectivity index (χ4n) is 2.26. The summed E-state index contributed by atoms with van der Waals surface area (Å²) >= 11 is 0. The van der Waals surface area contributed by atoms with Gasteiger partial charge in [-0.25, -0.2) is 9.97 Å². The largest absolute Gasteiger partial charge is 0.396 e. The molecule has 3 aromatic rings. The molecule has 0 spiro atoms. The molecule has 0 aliphatic heterocycles. The van der Waals surface area contributed by atoms with E-state index < -0.39 is 0 Å². The Morgan fingerprint density at radius 3 is 2.79 bits per heavy atom. The Labute approximate surface area is 138 Å². The van der Waals surface area contributed by atoms with Crippen LogP contribution in [-0.2, 0) is 0 Å². The number of hydrogen-bond acceptors (Lipinski definition) is 7. The van der Waals surface area contributed by atoms with Gasteiger partial charge in [-0.15, -0.1) is 0 Å². The molecule has 8 nitrogen and oxygen atoms in total. The highest BCUT2D eigenvalue weighted by atomic mass is 15.3. The standard InChI is InChI=1S/C16H14N8/c1-2-12(6-18)23-14-4-15(20-9-13(14)19)24-16-11(8-22-24)3-10(5-17)7-21-16/h3-4,7-9,12H,2,19H2,1H3,(H,20,23)/t12-/m1/s1. The number of nitrogen functional groups attached to an aromatic ring is 1. The Bertz CT molecular complexity index is 976. The second kappa shape index (κ2) is 6.23. The molecule has 3 rings (SSSR count). The first kappa shape index (κ1) is 15.3. The van der Waals surface area contributed by atoms with E-state index in [4.69, 9.17) is 16.3 Å². The van der Waals surface area contributed by atoms with E-state index in [9.17, 15) is 0 Å². The Hall–Kier alpha value is -3.65. The molecule has 0 fully saturated rings. The topological polar surface area (TPSA) is 129 Å². The Kier molecular flexibility index (Phi) is 3.96. The summed E-state index contributed by atoms with van der Waals surface area (Å²) in [7, 11) is 0. The number of rotatable bonds is 4. The van der Waals surface area contributed by atoms with Gasteiger partial charge in [-0.1, -0.05) is 6.92 Å². The summed E-state index contributed by atoms with van der Waals surface area (Å²) in [4.78, 5) is 8.55. The minimum Gasteiger partial charge on any atom is -0.396 e. The molecule has 0 bridgehead atoms. The number of anilines is 2. The molecule has 0 aliphatic carbocycles. The maximum Gasteiger partial charge on any atom is 0.164 e. The van der Waals surface area contributed by atoms with Gasteiger partial charge in [0.1, 0.15) is 12.1 Å². The quantitative estimate of drug-likeness (QED) is 0.752. The number of hydrogen-bond donors (Lipinski definition) is 2. The van der Waals surface area contributed by atoms with Crippen molar-refractivity contribution in [2.24, 2.45) is 0 Å². The highest BCUT2D eigenvalue weighted by molar-refractivity contribution is 5.78. The molecule has 0 amide bonds. The molecule has 0 radical (unpaired) electrons. The van der Waals surface area contributed by atoms with E-state index in [0.29, 0.717) is 34.8 Å². The van der Waals surface area contributed by atoms with Crippen LogP contribution in [0.1, 0.15) is 18.9 Å². The Morgan fingerprint density at radius 1 is 1.25 bits per heavy atom. The summed E-state index contributed by atoms with van der Waals surface area (Å²) in [6, 6.07) is 7.32. The number of fused-ring (bicyclic) bond motifs is 1. The van der Waals surface area contributed by atoms with Crippen molar-refractivity contribution >= 4 is 22.4 Å². The summed E-state index contributed by atoms with van der Waals surface area (Å²) in [5.74, 6) is 0.520. The first-order valence-corrected chi connectivity index (χ1v) is 7.32. The van der Waals surface area contributed by atoms with E-state index in [0.717, 1.165) is 5.39 Å². The van der Waals surface area contributed by atoms with Crippen LogP contribution in [0.15, 0.2) is 30.7 Å². The van der Waals surface area contributed by atoms with Crippen LogP contribution in [0.3, 0.4) is 0 Å². The van der Waals surface area contributed by atoms with Crippen molar-refractivity contribution in [2.75, 3.05) is 11.1 Å². The Balaban J connectivity index is 2.04. The van der Waals surface area contributed by atoms with Gasteiger partial charge in [-0.2, -0.15) is 20.3 Å². The molecule has 24 heavy (non-hydrogen) atoms. The van der Waals surface area contributed by atoms with Crippen LogP contribution in [0.5, 0.6) is 0 Å². The van der Waals surface area contributed by atoms with E-state index in [1.807, 2.05) is 13.0 Å². The number of nitrogens with zero attached hydrogens (tertiary/aromatic N) is 6. The molecule has 3 N–H and O–H groups in total. The summed E-state index contributed by atoms with van der Waals surface area (Å²) < 4.78 is 1.56. The summed E-state index contributed by atoms with van der Waals surface area (Å²) in [5, 5.41) is 26.1. The molecule has 3 aromatic heterocycles. The normalized spacial score (nSPS) is 11.6. The number of nitrogens with two attached hydrogens (primary N) is 1. The van der Waals surface area contributed by atoms with E-state index in [-0.39, 0.29) is 6.04 Å². The second-order valence-electron chi connectivity index (χ2n) is 5.17. The second-order valence-corrected chi connectivity index (χ2v) is 5.17. The monoisotopic (exact) mass is 318 g/mol. The van der Waals surface area contributed by atoms with Crippen LogP contribution in [0.4, 0.5) is 11.4 Å². The lowest BCUT2D eigenvalue weighted by Crippen LogP contribution is -2.17. The first-order chi connectivity index (χ1) is 11.7.